The molecular formula is C18H19ClN4O4S. The summed E-state index contributed by atoms with van der Waals surface area (Å²) in [6, 6.07) is 3.56. The van der Waals surface area contributed by atoms with Crippen LogP contribution in [0.5, 0.6) is 0 Å². The zero-order valence-electron chi connectivity index (χ0n) is 15.4. The van der Waals surface area contributed by atoms with Crippen LogP contribution in [0, 0.1) is 0 Å². The quantitative estimate of drug-likeness (QED) is 0.569. The van der Waals surface area contributed by atoms with Gasteiger partial charge >= 0.3 is 5.97 Å². The summed E-state index contributed by atoms with van der Waals surface area (Å²) in [5, 5.41) is 15.8. The molecule has 0 saturated heterocycles. The van der Waals surface area contributed by atoms with E-state index in [4.69, 9.17) is 16.7 Å². The van der Waals surface area contributed by atoms with Gasteiger partial charge in [0, 0.05) is 18.0 Å². The van der Waals surface area contributed by atoms with Crippen LogP contribution in [0.25, 0.3) is 15.7 Å². The fraction of sp³-hybridized carbons (Fsp3) is 0.333. The number of hydrogen-bond donors (Lipinski definition) is 2. The first-order chi connectivity index (χ1) is 13.2. The smallest absolute Gasteiger partial charge is 0.331 e. The third kappa shape index (κ3) is 3.81. The summed E-state index contributed by atoms with van der Waals surface area (Å²) in [7, 11) is 0. The fourth-order valence-electron chi connectivity index (χ4n) is 2.84. The van der Waals surface area contributed by atoms with E-state index in [2.05, 4.69) is 17.0 Å². The minimum Gasteiger partial charge on any atom is -0.478 e. The molecule has 148 valence electrons. The maximum absolute atomic E-state index is 12.8. The second kappa shape index (κ2) is 7.76. The van der Waals surface area contributed by atoms with Gasteiger partial charge in [0.05, 0.1) is 14.6 Å². The SMILES string of the molecule is C=C(CCNC(=O)Cn1nc(C(C)C)n2c(cc3sc(Cl)cc32)c1=O)C(=O)O. The van der Waals surface area contributed by atoms with Crippen molar-refractivity contribution in [3.05, 3.63) is 44.8 Å². The highest BCUT2D eigenvalue weighted by Crippen LogP contribution is 2.32. The Balaban J connectivity index is 1.90. The van der Waals surface area contributed by atoms with Crippen LogP contribution < -0.4 is 10.9 Å². The summed E-state index contributed by atoms with van der Waals surface area (Å²) in [6.45, 7) is 7.18. The summed E-state index contributed by atoms with van der Waals surface area (Å²) >= 11 is 7.47. The summed E-state index contributed by atoms with van der Waals surface area (Å²) in [6.07, 6.45) is 0.120. The highest BCUT2D eigenvalue weighted by molar-refractivity contribution is 7.22. The summed E-state index contributed by atoms with van der Waals surface area (Å²) in [5.41, 5.74) is 0.880. The van der Waals surface area contributed by atoms with Crippen LogP contribution >= 0.6 is 22.9 Å². The average Bonchev–Trinajstić information content (AvgIpc) is 3.13. The lowest BCUT2D eigenvalue weighted by Gasteiger charge is -2.13. The predicted octanol–water partition coefficient (Wildman–Crippen LogP) is 2.63. The molecule has 0 spiro atoms. The third-order valence-electron chi connectivity index (χ3n) is 4.23. The Morgan fingerprint density at radius 3 is 2.71 bits per heavy atom. The number of nitrogens with zero attached hydrogens (tertiary/aromatic N) is 3. The number of halogens is 1. The van der Waals surface area contributed by atoms with E-state index >= 15 is 0 Å². The fourth-order valence-corrected chi connectivity index (χ4v) is 4.00. The normalized spacial score (nSPS) is 11.4. The number of thiophene rings is 1. The van der Waals surface area contributed by atoms with Crippen molar-refractivity contribution in [1.82, 2.24) is 19.5 Å². The molecule has 2 N–H and O–H groups in total. The van der Waals surface area contributed by atoms with E-state index in [9.17, 15) is 14.4 Å². The lowest BCUT2D eigenvalue weighted by Crippen LogP contribution is -2.36. The molecule has 0 radical (unpaired) electrons. The number of carboxylic acid groups (broad SMARTS) is 1. The van der Waals surface area contributed by atoms with Gasteiger partial charge in [0.25, 0.3) is 5.56 Å². The van der Waals surface area contributed by atoms with E-state index < -0.39 is 11.9 Å². The minimum atomic E-state index is -1.10. The molecule has 0 aromatic carbocycles. The second-order valence-electron chi connectivity index (χ2n) is 6.65. The van der Waals surface area contributed by atoms with Crippen LogP contribution in [0.4, 0.5) is 0 Å². The van der Waals surface area contributed by atoms with Gasteiger partial charge in [-0.15, -0.1) is 11.3 Å². The van der Waals surface area contributed by atoms with Crippen molar-refractivity contribution in [2.45, 2.75) is 32.7 Å². The molecule has 8 nitrogen and oxygen atoms in total. The molecule has 3 aromatic rings. The highest BCUT2D eigenvalue weighted by Gasteiger charge is 2.19. The van der Waals surface area contributed by atoms with Gasteiger partial charge in [-0.25, -0.2) is 9.48 Å². The average molecular weight is 423 g/mol. The minimum absolute atomic E-state index is 0.00516. The Kier molecular flexibility index (Phi) is 5.57. The number of nitrogens with one attached hydrogen (secondary N) is 1. The predicted molar refractivity (Wildman–Crippen MR) is 108 cm³/mol. The van der Waals surface area contributed by atoms with Crippen molar-refractivity contribution < 1.29 is 14.7 Å². The number of amides is 1. The van der Waals surface area contributed by atoms with Crippen LogP contribution in [-0.4, -0.2) is 37.7 Å². The summed E-state index contributed by atoms with van der Waals surface area (Å²) in [5.74, 6) is -0.882. The van der Waals surface area contributed by atoms with Gasteiger partial charge in [-0.2, -0.15) is 5.10 Å². The standard InChI is InChI=1S/C18H19ClN4O4S/c1-9(2)16-21-22(8-15(24)20-5-4-10(3)18(26)27)17(25)12-6-13-11(23(12)16)7-14(19)28-13/h6-7,9H,3-5,8H2,1-2H3,(H,20,24)(H,26,27). The number of carbonyl (C=O) groups is 2. The lowest BCUT2D eigenvalue weighted by atomic mass is 10.2. The molecule has 3 heterocycles. The first-order valence-corrected chi connectivity index (χ1v) is 9.77. The molecule has 0 aliphatic heterocycles. The van der Waals surface area contributed by atoms with Gasteiger partial charge < -0.3 is 10.4 Å². The number of carboxylic acids is 1. The van der Waals surface area contributed by atoms with Crippen LogP contribution in [0.3, 0.4) is 0 Å². The molecule has 0 aliphatic rings. The zero-order valence-corrected chi connectivity index (χ0v) is 16.9. The largest absolute Gasteiger partial charge is 0.478 e. The third-order valence-corrected chi connectivity index (χ3v) is 5.43. The Bertz CT molecular complexity index is 1160. The van der Waals surface area contributed by atoms with Crippen molar-refractivity contribution >= 4 is 50.5 Å². The van der Waals surface area contributed by atoms with Crippen molar-refractivity contribution in [2.24, 2.45) is 0 Å². The first kappa shape index (κ1) is 20.1. The molecular weight excluding hydrogens is 404 g/mol. The Morgan fingerprint density at radius 2 is 2.07 bits per heavy atom. The van der Waals surface area contributed by atoms with E-state index in [0.717, 1.165) is 14.9 Å². The first-order valence-electron chi connectivity index (χ1n) is 8.58. The van der Waals surface area contributed by atoms with Gasteiger partial charge in [0.2, 0.25) is 5.91 Å². The Morgan fingerprint density at radius 1 is 1.36 bits per heavy atom. The second-order valence-corrected chi connectivity index (χ2v) is 8.36. The highest BCUT2D eigenvalue weighted by atomic mass is 35.5. The maximum Gasteiger partial charge on any atom is 0.331 e. The molecule has 28 heavy (non-hydrogen) atoms. The molecule has 0 atom stereocenters. The van der Waals surface area contributed by atoms with E-state index in [1.54, 1.807) is 16.5 Å². The zero-order chi connectivity index (χ0) is 20.6. The monoisotopic (exact) mass is 422 g/mol. The van der Waals surface area contributed by atoms with Crippen LogP contribution in [0.1, 0.15) is 32.0 Å². The van der Waals surface area contributed by atoms with Gasteiger partial charge in [0.15, 0.2) is 0 Å². The topological polar surface area (TPSA) is 106 Å². The Labute approximate surface area is 169 Å². The summed E-state index contributed by atoms with van der Waals surface area (Å²) < 4.78 is 4.42. The number of aliphatic carboxylic acids is 1. The van der Waals surface area contributed by atoms with Crippen LogP contribution in [0.2, 0.25) is 4.34 Å². The number of fused-ring (bicyclic) bond motifs is 3. The molecule has 0 fully saturated rings. The van der Waals surface area contributed by atoms with Crippen molar-refractivity contribution in [2.75, 3.05) is 6.54 Å². The van der Waals surface area contributed by atoms with Gasteiger partial charge in [0.1, 0.15) is 17.9 Å². The van der Waals surface area contributed by atoms with Crippen LogP contribution in [-0.2, 0) is 16.1 Å². The lowest BCUT2D eigenvalue weighted by molar-refractivity contribution is -0.133. The number of carbonyl (C=O) groups excluding carboxylic acids is 1. The van der Waals surface area contributed by atoms with E-state index in [-0.39, 0.29) is 36.6 Å². The van der Waals surface area contributed by atoms with Gasteiger partial charge in [-0.05, 0) is 18.6 Å². The number of aromatic nitrogens is 3. The number of rotatable bonds is 7. The van der Waals surface area contributed by atoms with Crippen molar-refractivity contribution in [3.8, 4) is 0 Å². The molecule has 10 heteroatoms. The number of hydrogen-bond acceptors (Lipinski definition) is 5. The molecule has 0 bridgehead atoms. The summed E-state index contributed by atoms with van der Waals surface area (Å²) in [4.78, 5) is 35.8. The van der Waals surface area contributed by atoms with E-state index in [1.807, 2.05) is 13.8 Å². The maximum atomic E-state index is 12.8. The van der Waals surface area contributed by atoms with Crippen molar-refractivity contribution in [3.63, 3.8) is 0 Å². The van der Waals surface area contributed by atoms with Gasteiger partial charge in [-0.3, -0.25) is 14.0 Å². The van der Waals surface area contributed by atoms with E-state index in [1.165, 1.54) is 11.3 Å². The van der Waals surface area contributed by atoms with E-state index in [0.29, 0.717) is 15.7 Å². The molecule has 3 rings (SSSR count). The molecule has 0 aliphatic carbocycles. The molecule has 1 amide bonds. The van der Waals surface area contributed by atoms with Crippen molar-refractivity contribution in [1.29, 1.82) is 0 Å². The Hall–Kier alpha value is -2.65. The molecule has 0 unspecified atom stereocenters. The molecule has 0 saturated carbocycles. The molecule has 3 aromatic heterocycles. The van der Waals surface area contributed by atoms with Gasteiger partial charge in [-0.1, -0.05) is 32.0 Å². The van der Waals surface area contributed by atoms with Crippen LogP contribution in [0.15, 0.2) is 29.1 Å².